The zero-order valence-electron chi connectivity index (χ0n) is 8.93. The van der Waals surface area contributed by atoms with Crippen LogP contribution in [-0.4, -0.2) is 18.5 Å². The van der Waals surface area contributed by atoms with Gasteiger partial charge in [0.1, 0.15) is 0 Å². The largest absolute Gasteiger partial charge is 0.374 e. The first-order valence-electron chi connectivity index (χ1n) is 4.85. The molecule has 0 aromatic carbocycles. The summed E-state index contributed by atoms with van der Waals surface area (Å²) in [6, 6.07) is 0. The highest BCUT2D eigenvalue weighted by atomic mass is 15.1. The number of rotatable bonds is 1. The van der Waals surface area contributed by atoms with Gasteiger partial charge in [-0.1, -0.05) is 18.2 Å². The first-order chi connectivity index (χ1) is 6.11. The molecular formula is C12H19N. The number of piperidine rings is 1. The van der Waals surface area contributed by atoms with E-state index in [9.17, 15) is 0 Å². The Balaban J connectivity index is 2.80. The Morgan fingerprint density at radius 2 is 2.15 bits per heavy atom. The molecular weight excluding hydrogens is 158 g/mol. The minimum absolute atomic E-state index is 1.15. The third kappa shape index (κ3) is 2.76. The summed E-state index contributed by atoms with van der Waals surface area (Å²) in [4.78, 5) is 2.28. The lowest BCUT2D eigenvalue weighted by atomic mass is 10.0. The van der Waals surface area contributed by atoms with Gasteiger partial charge in [0.2, 0.25) is 0 Å². The molecule has 1 fully saturated rings. The molecule has 1 aliphatic rings. The minimum atomic E-state index is 1.15. The van der Waals surface area contributed by atoms with Gasteiger partial charge in [0.25, 0.3) is 0 Å². The number of likely N-dealkylation sites (N-methyl/N-ethyl adjacent to an activating group) is 1. The van der Waals surface area contributed by atoms with Crippen molar-refractivity contribution in [3.05, 3.63) is 35.6 Å². The molecule has 1 heteroatoms. The summed E-state index contributed by atoms with van der Waals surface area (Å²) >= 11 is 0. The van der Waals surface area contributed by atoms with Crippen LogP contribution in [0.2, 0.25) is 0 Å². The quantitative estimate of drug-likeness (QED) is 0.595. The molecule has 0 N–H and O–H groups in total. The second kappa shape index (κ2) is 4.31. The van der Waals surface area contributed by atoms with Crippen LogP contribution in [0.25, 0.3) is 0 Å². The summed E-state index contributed by atoms with van der Waals surface area (Å²) in [6.07, 6.45) is 6.72. The van der Waals surface area contributed by atoms with Crippen LogP contribution in [0, 0.1) is 0 Å². The molecule has 0 aromatic heterocycles. The molecule has 1 rings (SSSR count). The molecule has 0 unspecified atom stereocenters. The fourth-order valence-corrected chi connectivity index (χ4v) is 1.54. The molecule has 0 aromatic rings. The van der Waals surface area contributed by atoms with Crippen LogP contribution < -0.4 is 0 Å². The molecule has 1 heterocycles. The van der Waals surface area contributed by atoms with E-state index in [1.807, 2.05) is 0 Å². The molecule has 0 atom stereocenters. The first-order valence-corrected chi connectivity index (χ1v) is 4.85. The van der Waals surface area contributed by atoms with Crippen molar-refractivity contribution in [2.24, 2.45) is 0 Å². The molecule has 0 saturated carbocycles. The summed E-state index contributed by atoms with van der Waals surface area (Å²) < 4.78 is 0. The predicted molar refractivity (Wildman–Crippen MR) is 58.5 cm³/mol. The van der Waals surface area contributed by atoms with Gasteiger partial charge in [0.15, 0.2) is 0 Å². The first kappa shape index (κ1) is 10.1. The maximum Gasteiger partial charge on any atom is 0.0390 e. The van der Waals surface area contributed by atoms with Crippen molar-refractivity contribution in [3.8, 4) is 0 Å². The number of hydrogen-bond donors (Lipinski definition) is 0. The van der Waals surface area contributed by atoms with E-state index >= 15 is 0 Å². The van der Waals surface area contributed by atoms with E-state index < -0.39 is 0 Å². The van der Waals surface area contributed by atoms with Crippen molar-refractivity contribution >= 4 is 0 Å². The van der Waals surface area contributed by atoms with Gasteiger partial charge < -0.3 is 4.90 Å². The lowest BCUT2D eigenvalue weighted by Gasteiger charge is -2.29. The molecule has 0 aliphatic carbocycles. The van der Waals surface area contributed by atoms with Crippen LogP contribution in [0.4, 0.5) is 0 Å². The standard InChI is InChI=1S/C12H19N/c1-10(2)7-8-12-11(3)6-5-9-13(12)4/h7-8H,3,5-6,9H2,1-2,4H3/b12-8+. The Morgan fingerprint density at radius 3 is 2.69 bits per heavy atom. The maximum atomic E-state index is 4.08. The van der Waals surface area contributed by atoms with Gasteiger partial charge in [-0.05, 0) is 38.3 Å². The van der Waals surface area contributed by atoms with Crippen LogP contribution in [0.1, 0.15) is 26.7 Å². The van der Waals surface area contributed by atoms with E-state index in [-0.39, 0.29) is 0 Å². The number of hydrogen-bond acceptors (Lipinski definition) is 1. The van der Waals surface area contributed by atoms with Crippen LogP contribution >= 0.6 is 0 Å². The van der Waals surface area contributed by atoms with Gasteiger partial charge in [-0.3, -0.25) is 0 Å². The van der Waals surface area contributed by atoms with E-state index in [0.29, 0.717) is 0 Å². The predicted octanol–water partition coefficient (Wildman–Crippen LogP) is 3.12. The Labute approximate surface area is 81.4 Å². The van der Waals surface area contributed by atoms with E-state index in [0.717, 1.165) is 13.0 Å². The average Bonchev–Trinajstić information content (AvgIpc) is 2.03. The highest BCUT2D eigenvalue weighted by Crippen LogP contribution is 2.23. The van der Waals surface area contributed by atoms with Gasteiger partial charge in [0, 0.05) is 19.3 Å². The maximum absolute atomic E-state index is 4.08. The van der Waals surface area contributed by atoms with Crippen molar-refractivity contribution in [3.63, 3.8) is 0 Å². The highest BCUT2D eigenvalue weighted by Gasteiger charge is 2.12. The molecule has 13 heavy (non-hydrogen) atoms. The second-order valence-corrected chi connectivity index (χ2v) is 3.92. The average molecular weight is 177 g/mol. The SMILES string of the molecule is C=C1CCCN(C)/C1=C/C=C(C)C. The Hall–Kier alpha value is -0.980. The van der Waals surface area contributed by atoms with Crippen molar-refractivity contribution in [2.75, 3.05) is 13.6 Å². The second-order valence-electron chi connectivity index (χ2n) is 3.92. The lowest BCUT2D eigenvalue weighted by molar-refractivity contribution is 0.384. The van der Waals surface area contributed by atoms with Crippen LogP contribution in [0.5, 0.6) is 0 Å². The zero-order chi connectivity index (χ0) is 9.84. The molecule has 1 aliphatic heterocycles. The van der Waals surface area contributed by atoms with Gasteiger partial charge >= 0.3 is 0 Å². The monoisotopic (exact) mass is 177 g/mol. The third-order valence-electron chi connectivity index (χ3n) is 2.32. The van der Waals surface area contributed by atoms with Crippen molar-refractivity contribution in [1.29, 1.82) is 0 Å². The van der Waals surface area contributed by atoms with Crippen LogP contribution in [0.3, 0.4) is 0 Å². The van der Waals surface area contributed by atoms with E-state index in [1.54, 1.807) is 0 Å². The van der Waals surface area contributed by atoms with Crippen LogP contribution in [-0.2, 0) is 0 Å². The summed E-state index contributed by atoms with van der Waals surface area (Å²) in [5.41, 5.74) is 3.90. The van der Waals surface area contributed by atoms with E-state index in [4.69, 9.17) is 0 Å². The number of nitrogens with zero attached hydrogens (tertiary/aromatic N) is 1. The Kier molecular flexibility index (Phi) is 3.35. The molecule has 0 spiro atoms. The van der Waals surface area contributed by atoms with Gasteiger partial charge in [-0.15, -0.1) is 0 Å². The van der Waals surface area contributed by atoms with Crippen molar-refractivity contribution < 1.29 is 0 Å². The number of likely N-dealkylation sites (tertiary alicyclic amines) is 1. The van der Waals surface area contributed by atoms with Crippen molar-refractivity contribution in [1.82, 2.24) is 4.90 Å². The van der Waals surface area contributed by atoms with Gasteiger partial charge in [-0.25, -0.2) is 0 Å². The summed E-state index contributed by atoms with van der Waals surface area (Å²) in [7, 11) is 2.13. The number of allylic oxidation sites excluding steroid dienone is 4. The normalized spacial score (nSPS) is 20.7. The lowest BCUT2D eigenvalue weighted by Crippen LogP contribution is -2.24. The molecule has 0 radical (unpaired) electrons. The fraction of sp³-hybridized carbons (Fsp3) is 0.500. The summed E-state index contributed by atoms with van der Waals surface area (Å²) in [5, 5.41) is 0. The van der Waals surface area contributed by atoms with Crippen LogP contribution in [0.15, 0.2) is 35.6 Å². The van der Waals surface area contributed by atoms with Gasteiger partial charge in [0.05, 0.1) is 0 Å². The van der Waals surface area contributed by atoms with Crippen molar-refractivity contribution in [2.45, 2.75) is 26.7 Å². The topological polar surface area (TPSA) is 3.24 Å². The summed E-state index contributed by atoms with van der Waals surface area (Å²) in [5.74, 6) is 0. The van der Waals surface area contributed by atoms with Gasteiger partial charge in [-0.2, -0.15) is 0 Å². The third-order valence-corrected chi connectivity index (χ3v) is 2.32. The molecule has 1 nitrogen and oxygen atoms in total. The Bertz CT molecular complexity index is 254. The molecule has 1 saturated heterocycles. The zero-order valence-corrected chi connectivity index (χ0v) is 8.93. The van der Waals surface area contributed by atoms with E-state index in [1.165, 1.54) is 23.3 Å². The summed E-state index contributed by atoms with van der Waals surface area (Å²) in [6.45, 7) is 9.47. The molecule has 0 amide bonds. The Morgan fingerprint density at radius 1 is 1.46 bits per heavy atom. The molecule has 72 valence electrons. The minimum Gasteiger partial charge on any atom is -0.374 e. The fourth-order valence-electron chi connectivity index (χ4n) is 1.54. The van der Waals surface area contributed by atoms with E-state index in [2.05, 4.69) is 44.5 Å². The smallest absolute Gasteiger partial charge is 0.0390 e. The highest BCUT2D eigenvalue weighted by molar-refractivity contribution is 5.32. The molecule has 0 bridgehead atoms.